The summed E-state index contributed by atoms with van der Waals surface area (Å²) in [6.07, 6.45) is 0.00425. The van der Waals surface area contributed by atoms with Crippen molar-refractivity contribution in [3.8, 4) is 11.4 Å². The number of hydrogen-bond acceptors (Lipinski definition) is 5. The van der Waals surface area contributed by atoms with Crippen molar-refractivity contribution in [2.45, 2.75) is 37.9 Å². The third-order valence-electron chi connectivity index (χ3n) is 5.23. The Hall–Kier alpha value is -2.42. The first-order valence-electron chi connectivity index (χ1n) is 9.45. The van der Waals surface area contributed by atoms with Crippen LogP contribution in [0, 0.1) is 5.92 Å². The van der Waals surface area contributed by atoms with Crippen molar-refractivity contribution in [2.75, 3.05) is 19.6 Å². The Kier molecular flexibility index (Phi) is 5.09. The molecular formula is C19H21F3N4O2. The molecule has 1 aromatic carbocycles. The fourth-order valence-electron chi connectivity index (χ4n) is 3.53. The summed E-state index contributed by atoms with van der Waals surface area (Å²) in [6.45, 7) is 3.04. The van der Waals surface area contributed by atoms with E-state index in [1.807, 2.05) is 0 Å². The molecule has 0 bridgehead atoms. The Morgan fingerprint density at radius 2 is 1.89 bits per heavy atom. The molecule has 4 rings (SSSR count). The number of benzene rings is 1. The molecule has 1 saturated carbocycles. The number of carbonyl (C=O) groups excluding carboxylic acids is 1. The third-order valence-corrected chi connectivity index (χ3v) is 5.23. The van der Waals surface area contributed by atoms with Crippen LogP contribution in [0.25, 0.3) is 11.4 Å². The quantitative estimate of drug-likeness (QED) is 0.814. The van der Waals surface area contributed by atoms with Crippen molar-refractivity contribution in [3.63, 3.8) is 0 Å². The second kappa shape index (κ2) is 7.54. The molecule has 0 unspecified atom stereocenters. The van der Waals surface area contributed by atoms with Gasteiger partial charge >= 0.3 is 12.1 Å². The molecule has 6 nitrogen and oxygen atoms in total. The summed E-state index contributed by atoms with van der Waals surface area (Å²) in [7, 11) is 0. The number of likely N-dealkylation sites (tertiary alicyclic amines) is 1. The molecule has 0 spiro atoms. The summed E-state index contributed by atoms with van der Waals surface area (Å²) in [6, 6.07) is 6.30. The maximum atomic E-state index is 12.6. The van der Waals surface area contributed by atoms with Gasteiger partial charge in [0.2, 0.25) is 5.82 Å². The molecule has 2 heterocycles. The molecule has 0 radical (unpaired) electrons. The molecule has 1 aliphatic carbocycles. The minimum atomic E-state index is -4.68. The third kappa shape index (κ3) is 4.35. The van der Waals surface area contributed by atoms with Crippen molar-refractivity contribution in [3.05, 3.63) is 35.7 Å². The Morgan fingerprint density at radius 3 is 2.46 bits per heavy atom. The molecule has 2 aromatic rings. The zero-order chi connectivity index (χ0) is 19.7. The SMILES string of the molecule is O=C(N[C@H](CN1CCCC1)C1CC1)c1ccc(-c2noc(C(F)(F)F)n2)cc1. The Labute approximate surface area is 160 Å². The van der Waals surface area contributed by atoms with Crippen LogP contribution in [0.5, 0.6) is 0 Å². The number of nitrogens with zero attached hydrogens (tertiary/aromatic N) is 3. The topological polar surface area (TPSA) is 71.3 Å². The number of carbonyl (C=O) groups is 1. The molecule has 1 saturated heterocycles. The second-order valence-electron chi connectivity index (χ2n) is 7.42. The van der Waals surface area contributed by atoms with Crippen molar-refractivity contribution in [1.82, 2.24) is 20.4 Å². The fourth-order valence-corrected chi connectivity index (χ4v) is 3.53. The van der Waals surface area contributed by atoms with Crippen molar-refractivity contribution < 1.29 is 22.5 Å². The van der Waals surface area contributed by atoms with Crippen LogP contribution < -0.4 is 5.32 Å². The Morgan fingerprint density at radius 1 is 1.21 bits per heavy atom. The first kappa shape index (κ1) is 18.9. The lowest BCUT2D eigenvalue weighted by Gasteiger charge is -2.24. The fraction of sp³-hybridized carbons (Fsp3) is 0.526. The van der Waals surface area contributed by atoms with Crippen LogP contribution in [0.2, 0.25) is 0 Å². The van der Waals surface area contributed by atoms with Crippen molar-refractivity contribution in [2.24, 2.45) is 5.92 Å². The number of nitrogens with one attached hydrogen (secondary N) is 1. The van der Waals surface area contributed by atoms with E-state index in [-0.39, 0.29) is 17.8 Å². The Bertz CT molecular complexity index is 824. The van der Waals surface area contributed by atoms with E-state index in [2.05, 4.69) is 24.9 Å². The highest BCUT2D eigenvalue weighted by molar-refractivity contribution is 5.94. The first-order chi connectivity index (χ1) is 13.4. The normalized spacial score (nSPS) is 19.0. The van der Waals surface area contributed by atoms with Gasteiger partial charge in [-0.05, 0) is 56.8 Å². The number of rotatable bonds is 6. The summed E-state index contributed by atoms with van der Waals surface area (Å²) in [5, 5.41) is 6.48. The minimum Gasteiger partial charge on any atom is -0.348 e. The van der Waals surface area contributed by atoms with Gasteiger partial charge in [0, 0.05) is 23.7 Å². The summed E-state index contributed by atoms with van der Waals surface area (Å²) >= 11 is 0. The van der Waals surface area contributed by atoms with E-state index >= 15 is 0 Å². The summed E-state index contributed by atoms with van der Waals surface area (Å²) in [4.78, 5) is 18.4. The average Bonchev–Trinajstić information content (AvgIpc) is 3.16. The highest BCUT2D eigenvalue weighted by Crippen LogP contribution is 2.34. The molecule has 1 N–H and O–H groups in total. The maximum Gasteiger partial charge on any atom is 0.471 e. The number of alkyl halides is 3. The maximum absolute atomic E-state index is 12.6. The van der Waals surface area contributed by atoms with Gasteiger partial charge in [-0.3, -0.25) is 4.79 Å². The zero-order valence-electron chi connectivity index (χ0n) is 15.2. The lowest BCUT2D eigenvalue weighted by Crippen LogP contribution is -2.44. The smallest absolute Gasteiger partial charge is 0.348 e. The predicted octanol–water partition coefficient (Wildman–Crippen LogP) is 3.36. The predicted molar refractivity (Wildman–Crippen MR) is 94.4 cm³/mol. The van der Waals surface area contributed by atoms with Crippen LogP contribution in [-0.2, 0) is 6.18 Å². The molecular weight excluding hydrogens is 373 g/mol. The highest BCUT2D eigenvalue weighted by atomic mass is 19.4. The molecule has 1 atom stereocenters. The molecule has 1 amide bonds. The van der Waals surface area contributed by atoms with Gasteiger partial charge < -0.3 is 14.7 Å². The monoisotopic (exact) mass is 394 g/mol. The van der Waals surface area contributed by atoms with E-state index < -0.39 is 12.1 Å². The van der Waals surface area contributed by atoms with Crippen LogP contribution in [0.15, 0.2) is 28.8 Å². The van der Waals surface area contributed by atoms with Gasteiger partial charge in [0.15, 0.2) is 0 Å². The van der Waals surface area contributed by atoms with Gasteiger partial charge in [-0.15, -0.1) is 0 Å². The lowest BCUT2D eigenvalue weighted by molar-refractivity contribution is -0.159. The van der Waals surface area contributed by atoms with E-state index in [0.717, 1.165) is 32.5 Å². The molecule has 2 aliphatic rings. The number of hydrogen-bond donors (Lipinski definition) is 1. The van der Waals surface area contributed by atoms with Crippen LogP contribution in [0.4, 0.5) is 13.2 Å². The number of halogens is 3. The molecule has 9 heteroatoms. The highest BCUT2D eigenvalue weighted by Gasteiger charge is 2.38. The molecule has 1 aliphatic heterocycles. The van der Waals surface area contributed by atoms with Crippen molar-refractivity contribution >= 4 is 5.91 Å². The zero-order valence-corrected chi connectivity index (χ0v) is 15.2. The van der Waals surface area contributed by atoms with Gasteiger partial charge in [0.25, 0.3) is 5.91 Å². The number of amides is 1. The summed E-state index contributed by atoms with van der Waals surface area (Å²) in [5.74, 6) is -1.20. The van der Waals surface area contributed by atoms with Crippen LogP contribution in [0.1, 0.15) is 41.9 Å². The van der Waals surface area contributed by atoms with E-state index in [0.29, 0.717) is 17.0 Å². The van der Waals surface area contributed by atoms with Gasteiger partial charge in [0.1, 0.15) is 0 Å². The Balaban J connectivity index is 1.41. The standard InChI is InChI=1S/C19H21F3N4O2/c20-19(21,22)18-24-16(25-28-18)13-5-7-14(8-6-13)17(27)23-15(12-3-4-12)11-26-9-1-2-10-26/h5-8,12,15H,1-4,9-11H2,(H,23,27)/t15-/m1/s1. The second-order valence-corrected chi connectivity index (χ2v) is 7.42. The summed E-state index contributed by atoms with van der Waals surface area (Å²) < 4.78 is 42.0. The lowest BCUT2D eigenvalue weighted by atomic mass is 10.1. The van der Waals surface area contributed by atoms with Gasteiger partial charge in [-0.2, -0.15) is 18.2 Å². The summed E-state index contributed by atoms with van der Waals surface area (Å²) in [5.41, 5.74) is 0.807. The van der Waals surface area contributed by atoms with E-state index in [1.165, 1.54) is 25.0 Å². The van der Waals surface area contributed by atoms with Gasteiger partial charge in [-0.1, -0.05) is 17.3 Å². The van der Waals surface area contributed by atoms with Crippen LogP contribution in [0.3, 0.4) is 0 Å². The average molecular weight is 394 g/mol. The first-order valence-corrected chi connectivity index (χ1v) is 9.45. The molecule has 1 aromatic heterocycles. The number of aromatic nitrogens is 2. The molecule has 150 valence electrons. The molecule has 2 fully saturated rings. The van der Waals surface area contributed by atoms with Gasteiger partial charge in [0.05, 0.1) is 0 Å². The molecule has 28 heavy (non-hydrogen) atoms. The van der Waals surface area contributed by atoms with Gasteiger partial charge in [-0.25, -0.2) is 0 Å². The van der Waals surface area contributed by atoms with E-state index in [1.54, 1.807) is 12.1 Å². The van der Waals surface area contributed by atoms with Crippen LogP contribution in [-0.4, -0.2) is 46.6 Å². The largest absolute Gasteiger partial charge is 0.471 e. The minimum absolute atomic E-state index is 0.136. The van der Waals surface area contributed by atoms with Crippen LogP contribution >= 0.6 is 0 Å². The van der Waals surface area contributed by atoms with E-state index in [4.69, 9.17) is 0 Å². The van der Waals surface area contributed by atoms with Crippen molar-refractivity contribution in [1.29, 1.82) is 0 Å². The van der Waals surface area contributed by atoms with E-state index in [9.17, 15) is 18.0 Å².